The fourth-order valence-corrected chi connectivity index (χ4v) is 2.16. The first-order valence-electron chi connectivity index (χ1n) is 6.62. The fraction of sp³-hybridized carbons (Fsp3) is 0.167. The summed E-state index contributed by atoms with van der Waals surface area (Å²) in [5.41, 5.74) is -12.9. The molecule has 0 bridgehead atoms. The van der Waals surface area contributed by atoms with Gasteiger partial charge in [-0.05, 0) is 0 Å². The first kappa shape index (κ1) is 20.6. The van der Waals surface area contributed by atoms with Gasteiger partial charge in [0.05, 0.1) is 21.5 Å². The predicted molar refractivity (Wildman–Crippen MR) is 76.0 cm³/mol. The van der Waals surface area contributed by atoms with Crippen molar-refractivity contribution < 1.29 is 36.2 Å². The highest BCUT2D eigenvalue weighted by Gasteiger charge is 2.42. The number of hydrogen-bond acceptors (Lipinski definition) is 6. The SMILES string of the molecule is O=c1cc(C(F)(F)F)[nH]c(=O)n1-c1c([N+](=O)[O-])cc([N+](=O)[O-])cc1C(F)(F)F. The molecular formula is C12H4F6N4O6. The van der Waals surface area contributed by atoms with Crippen LogP contribution in [0.25, 0.3) is 5.69 Å². The van der Waals surface area contributed by atoms with Crippen LogP contribution in [0.4, 0.5) is 37.7 Å². The summed E-state index contributed by atoms with van der Waals surface area (Å²) in [5, 5.41) is 21.9. The van der Waals surface area contributed by atoms with Crippen molar-refractivity contribution in [3.8, 4) is 5.69 Å². The number of hydrogen-bond donors (Lipinski definition) is 1. The summed E-state index contributed by atoms with van der Waals surface area (Å²) >= 11 is 0. The average molecular weight is 414 g/mol. The van der Waals surface area contributed by atoms with Gasteiger partial charge in [-0.25, -0.2) is 9.36 Å². The molecule has 1 heterocycles. The van der Waals surface area contributed by atoms with Crippen LogP contribution in [0.2, 0.25) is 0 Å². The minimum absolute atomic E-state index is 0.0358. The van der Waals surface area contributed by atoms with Crippen LogP contribution in [0.15, 0.2) is 27.8 Å². The van der Waals surface area contributed by atoms with E-state index in [9.17, 15) is 56.2 Å². The normalized spacial score (nSPS) is 12.1. The number of nitro groups is 2. The van der Waals surface area contributed by atoms with E-state index in [2.05, 4.69) is 0 Å². The molecule has 0 aliphatic carbocycles. The summed E-state index contributed by atoms with van der Waals surface area (Å²) in [6.07, 6.45) is -10.8. The molecule has 1 aromatic carbocycles. The molecule has 0 aliphatic heterocycles. The number of H-pyrrole nitrogens is 1. The molecule has 150 valence electrons. The number of nitrogens with zero attached hydrogens (tertiary/aromatic N) is 3. The second kappa shape index (κ2) is 6.46. The summed E-state index contributed by atoms with van der Waals surface area (Å²) in [6.45, 7) is 0. The Morgan fingerprint density at radius 1 is 0.893 bits per heavy atom. The van der Waals surface area contributed by atoms with Crippen molar-refractivity contribution in [1.82, 2.24) is 9.55 Å². The Bertz CT molecular complexity index is 1070. The molecule has 2 aromatic rings. The van der Waals surface area contributed by atoms with Crippen molar-refractivity contribution in [2.45, 2.75) is 12.4 Å². The molecule has 1 aromatic heterocycles. The molecule has 2 rings (SSSR count). The highest BCUT2D eigenvalue weighted by molar-refractivity contribution is 5.64. The van der Waals surface area contributed by atoms with Gasteiger partial charge in [0.25, 0.3) is 11.2 Å². The summed E-state index contributed by atoms with van der Waals surface area (Å²) in [6, 6.07) is -0.438. The molecule has 0 spiro atoms. The Morgan fingerprint density at radius 2 is 1.46 bits per heavy atom. The maximum absolute atomic E-state index is 13.3. The van der Waals surface area contributed by atoms with Crippen LogP contribution in [0.5, 0.6) is 0 Å². The minimum Gasteiger partial charge on any atom is -0.303 e. The Hall–Kier alpha value is -3.72. The van der Waals surface area contributed by atoms with Gasteiger partial charge in [0, 0.05) is 12.1 Å². The van der Waals surface area contributed by atoms with E-state index in [4.69, 9.17) is 0 Å². The van der Waals surface area contributed by atoms with E-state index in [1.807, 2.05) is 0 Å². The number of aromatic nitrogens is 2. The summed E-state index contributed by atoms with van der Waals surface area (Å²) in [4.78, 5) is 43.8. The number of aromatic amines is 1. The van der Waals surface area contributed by atoms with Gasteiger partial charge in [-0.3, -0.25) is 25.0 Å². The number of halogens is 6. The van der Waals surface area contributed by atoms with Gasteiger partial charge in [-0.1, -0.05) is 0 Å². The molecule has 16 heteroatoms. The lowest BCUT2D eigenvalue weighted by molar-refractivity contribution is -0.394. The van der Waals surface area contributed by atoms with E-state index in [-0.39, 0.29) is 18.2 Å². The van der Waals surface area contributed by atoms with E-state index in [0.717, 1.165) is 4.98 Å². The number of nitrogens with one attached hydrogen (secondary N) is 1. The maximum Gasteiger partial charge on any atom is 0.431 e. The van der Waals surface area contributed by atoms with Gasteiger partial charge in [0.2, 0.25) is 0 Å². The van der Waals surface area contributed by atoms with Gasteiger partial charge in [-0.15, -0.1) is 0 Å². The second-order valence-electron chi connectivity index (χ2n) is 5.03. The molecular weight excluding hydrogens is 410 g/mol. The van der Waals surface area contributed by atoms with Crippen LogP contribution in [-0.2, 0) is 12.4 Å². The summed E-state index contributed by atoms with van der Waals surface area (Å²) < 4.78 is 77.2. The molecule has 0 saturated heterocycles. The van der Waals surface area contributed by atoms with E-state index < -0.39 is 66.3 Å². The topological polar surface area (TPSA) is 141 Å². The van der Waals surface area contributed by atoms with Crippen LogP contribution in [-0.4, -0.2) is 19.4 Å². The Morgan fingerprint density at radius 3 is 1.86 bits per heavy atom. The predicted octanol–water partition coefficient (Wildman–Crippen LogP) is 2.38. The lowest BCUT2D eigenvalue weighted by Crippen LogP contribution is -2.37. The van der Waals surface area contributed by atoms with Crippen LogP contribution < -0.4 is 11.2 Å². The van der Waals surface area contributed by atoms with E-state index >= 15 is 0 Å². The van der Waals surface area contributed by atoms with Crippen LogP contribution >= 0.6 is 0 Å². The number of non-ortho nitro benzene ring substituents is 1. The molecule has 0 fully saturated rings. The Balaban J connectivity index is 3.05. The van der Waals surface area contributed by atoms with E-state index in [1.165, 1.54) is 0 Å². The van der Waals surface area contributed by atoms with Crippen molar-refractivity contribution in [2.75, 3.05) is 0 Å². The molecule has 0 saturated carbocycles. The molecule has 28 heavy (non-hydrogen) atoms. The van der Waals surface area contributed by atoms with Crippen molar-refractivity contribution in [3.63, 3.8) is 0 Å². The smallest absolute Gasteiger partial charge is 0.303 e. The maximum atomic E-state index is 13.3. The third kappa shape index (κ3) is 3.69. The lowest BCUT2D eigenvalue weighted by Gasteiger charge is -2.14. The zero-order chi connectivity index (χ0) is 21.6. The number of alkyl halides is 6. The lowest BCUT2D eigenvalue weighted by atomic mass is 10.1. The van der Waals surface area contributed by atoms with Gasteiger partial charge < -0.3 is 4.98 Å². The first-order valence-corrected chi connectivity index (χ1v) is 6.62. The van der Waals surface area contributed by atoms with Crippen LogP contribution in [0.1, 0.15) is 11.3 Å². The summed E-state index contributed by atoms with van der Waals surface area (Å²) in [5.74, 6) is 0. The zero-order valence-corrected chi connectivity index (χ0v) is 12.8. The first-order chi connectivity index (χ1) is 12.6. The van der Waals surface area contributed by atoms with Crippen molar-refractivity contribution in [2.24, 2.45) is 0 Å². The van der Waals surface area contributed by atoms with Gasteiger partial charge in [0.1, 0.15) is 11.4 Å². The summed E-state index contributed by atoms with van der Waals surface area (Å²) in [7, 11) is 0. The number of nitro benzene ring substituents is 2. The van der Waals surface area contributed by atoms with Crippen molar-refractivity contribution >= 4 is 11.4 Å². The second-order valence-corrected chi connectivity index (χ2v) is 5.03. The Kier molecular flexibility index (Phi) is 4.75. The van der Waals surface area contributed by atoms with Gasteiger partial charge in [-0.2, -0.15) is 26.3 Å². The molecule has 0 amide bonds. The quantitative estimate of drug-likeness (QED) is 0.464. The third-order valence-corrected chi connectivity index (χ3v) is 3.25. The van der Waals surface area contributed by atoms with Gasteiger partial charge in [0.15, 0.2) is 0 Å². The molecule has 10 nitrogen and oxygen atoms in total. The molecule has 0 unspecified atom stereocenters. The standard InChI is InChI=1S/C12H4F6N4O6/c13-11(14,15)5-1-4(21(25)26)2-6(22(27)28)9(5)20-8(23)3-7(12(16,17)18)19-10(20)24/h1-3H,(H,19,24). The zero-order valence-electron chi connectivity index (χ0n) is 12.8. The molecule has 0 atom stereocenters. The average Bonchev–Trinajstić information content (AvgIpc) is 2.51. The Labute approximate surface area is 146 Å². The monoisotopic (exact) mass is 414 g/mol. The van der Waals surface area contributed by atoms with E-state index in [1.54, 1.807) is 0 Å². The van der Waals surface area contributed by atoms with Crippen molar-refractivity contribution in [1.29, 1.82) is 0 Å². The number of rotatable bonds is 3. The highest BCUT2D eigenvalue weighted by atomic mass is 19.4. The largest absolute Gasteiger partial charge is 0.431 e. The number of benzene rings is 1. The molecule has 1 N–H and O–H groups in total. The molecule has 0 aliphatic rings. The molecule has 0 radical (unpaired) electrons. The third-order valence-electron chi connectivity index (χ3n) is 3.25. The highest BCUT2D eigenvalue weighted by Crippen LogP contribution is 2.40. The van der Waals surface area contributed by atoms with E-state index in [0.29, 0.717) is 0 Å². The fourth-order valence-electron chi connectivity index (χ4n) is 2.16. The van der Waals surface area contributed by atoms with Gasteiger partial charge >= 0.3 is 23.7 Å². The minimum atomic E-state index is -5.54. The van der Waals surface area contributed by atoms with Crippen LogP contribution in [0, 0.1) is 20.2 Å². The van der Waals surface area contributed by atoms with Crippen LogP contribution in [0.3, 0.4) is 0 Å². The van der Waals surface area contributed by atoms with Crippen molar-refractivity contribution in [3.05, 3.63) is 70.5 Å².